The van der Waals surface area contributed by atoms with Gasteiger partial charge >= 0.3 is 0 Å². The van der Waals surface area contributed by atoms with E-state index >= 15 is 0 Å². The number of rotatable bonds is 5. The first-order valence-electron chi connectivity index (χ1n) is 5.87. The maximum absolute atomic E-state index is 6.16. The quantitative estimate of drug-likeness (QED) is 0.898. The van der Waals surface area contributed by atoms with Crippen LogP contribution in [0.2, 0.25) is 5.02 Å². The SMILES string of the molecule is CC(N)c1ccc(OCCc2cccs2)c(Cl)c1. The van der Waals surface area contributed by atoms with Gasteiger partial charge in [-0.15, -0.1) is 11.3 Å². The van der Waals surface area contributed by atoms with Crippen molar-refractivity contribution in [2.45, 2.75) is 19.4 Å². The van der Waals surface area contributed by atoms with E-state index in [1.54, 1.807) is 11.3 Å². The van der Waals surface area contributed by atoms with Crippen molar-refractivity contribution in [3.8, 4) is 5.75 Å². The second-order valence-electron chi connectivity index (χ2n) is 4.16. The van der Waals surface area contributed by atoms with Crippen molar-refractivity contribution in [2.75, 3.05) is 6.61 Å². The van der Waals surface area contributed by atoms with E-state index in [-0.39, 0.29) is 6.04 Å². The maximum Gasteiger partial charge on any atom is 0.137 e. The summed E-state index contributed by atoms with van der Waals surface area (Å²) < 4.78 is 5.68. The number of ether oxygens (including phenoxy) is 1. The van der Waals surface area contributed by atoms with Crippen LogP contribution >= 0.6 is 22.9 Å². The topological polar surface area (TPSA) is 35.2 Å². The summed E-state index contributed by atoms with van der Waals surface area (Å²) in [6.45, 7) is 2.57. The van der Waals surface area contributed by atoms with Crippen molar-refractivity contribution >= 4 is 22.9 Å². The normalized spacial score (nSPS) is 12.4. The molecule has 0 fully saturated rings. The summed E-state index contributed by atoms with van der Waals surface area (Å²) in [6, 6.07) is 9.85. The summed E-state index contributed by atoms with van der Waals surface area (Å²) in [4.78, 5) is 1.32. The van der Waals surface area contributed by atoms with Crippen molar-refractivity contribution < 1.29 is 4.74 Å². The Bertz CT molecular complexity index is 497. The highest BCUT2D eigenvalue weighted by atomic mass is 35.5. The van der Waals surface area contributed by atoms with Gasteiger partial charge in [-0.05, 0) is 36.1 Å². The molecule has 2 nitrogen and oxygen atoms in total. The van der Waals surface area contributed by atoms with Gasteiger partial charge < -0.3 is 10.5 Å². The monoisotopic (exact) mass is 281 g/mol. The third-order valence-electron chi connectivity index (χ3n) is 2.67. The fraction of sp³-hybridized carbons (Fsp3) is 0.286. The highest BCUT2D eigenvalue weighted by Crippen LogP contribution is 2.27. The highest BCUT2D eigenvalue weighted by Gasteiger charge is 2.06. The molecule has 2 aromatic rings. The van der Waals surface area contributed by atoms with E-state index in [0.717, 1.165) is 17.7 Å². The second kappa shape index (κ2) is 6.23. The van der Waals surface area contributed by atoms with E-state index in [1.807, 2.05) is 31.2 Å². The van der Waals surface area contributed by atoms with Crippen LogP contribution in [0, 0.1) is 0 Å². The van der Waals surface area contributed by atoms with Crippen LogP contribution < -0.4 is 10.5 Å². The lowest BCUT2D eigenvalue weighted by Crippen LogP contribution is -2.05. The molecule has 0 aliphatic rings. The lowest BCUT2D eigenvalue weighted by Gasteiger charge is -2.10. The highest BCUT2D eigenvalue weighted by molar-refractivity contribution is 7.09. The van der Waals surface area contributed by atoms with Gasteiger partial charge in [0.15, 0.2) is 0 Å². The third kappa shape index (κ3) is 3.48. The second-order valence-corrected chi connectivity index (χ2v) is 5.60. The zero-order valence-electron chi connectivity index (χ0n) is 10.2. The summed E-state index contributed by atoms with van der Waals surface area (Å²) >= 11 is 7.90. The number of hydrogen-bond donors (Lipinski definition) is 1. The Morgan fingerprint density at radius 3 is 2.83 bits per heavy atom. The minimum Gasteiger partial charge on any atom is -0.492 e. The molecule has 1 atom stereocenters. The molecule has 0 amide bonds. The first kappa shape index (κ1) is 13.4. The van der Waals surface area contributed by atoms with Crippen LogP contribution in [0.25, 0.3) is 0 Å². The maximum atomic E-state index is 6.16. The van der Waals surface area contributed by atoms with Gasteiger partial charge in [0.1, 0.15) is 5.75 Å². The van der Waals surface area contributed by atoms with E-state index < -0.39 is 0 Å². The average molecular weight is 282 g/mol. The first-order valence-corrected chi connectivity index (χ1v) is 7.13. The number of hydrogen-bond acceptors (Lipinski definition) is 3. The van der Waals surface area contributed by atoms with Crippen LogP contribution in [0.4, 0.5) is 0 Å². The van der Waals surface area contributed by atoms with Crippen molar-refractivity contribution in [1.82, 2.24) is 0 Å². The fourth-order valence-corrected chi connectivity index (χ4v) is 2.57. The Balaban J connectivity index is 1.93. The number of thiophene rings is 1. The molecule has 1 unspecified atom stereocenters. The Labute approximate surface area is 116 Å². The number of nitrogens with two attached hydrogens (primary N) is 1. The van der Waals surface area contributed by atoms with Crippen LogP contribution in [-0.2, 0) is 6.42 Å². The van der Waals surface area contributed by atoms with Gasteiger partial charge in [0, 0.05) is 17.3 Å². The smallest absolute Gasteiger partial charge is 0.137 e. The molecule has 96 valence electrons. The molecule has 0 saturated carbocycles. The summed E-state index contributed by atoms with van der Waals surface area (Å²) in [5.74, 6) is 0.720. The lowest BCUT2D eigenvalue weighted by atomic mass is 10.1. The molecule has 4 heteroatoms. The predicted molar refractivity (Wildman–Crippen MR) is 77.6 cm³/mol. The van der Waals surface area contributed by atoms with Gasteiger partial charge in [-0.25, -0.2) is 0 Å². The molecular weight excluding hydrogens is 266 g/mol. The Hall–Kier alpha value is -1.03. The summed E-state index contributed by atoms with van der Waals surface area (Å²) in [5, 5.41) is 2.69. The van der Waals surface area contributed by atoms with Crippen molar-refractivity contribution in [2.24, 2.45) is 5.73 Å². The molecule has 2 N–H and O–H groups in total. The predicted octanol–water partition coefficient (Wildman–Crippen LogP) is 4.04. The van der Waals surface area contributed by atoms with Gasteiger partial charge in [-0.2, -0.15) is 0 Å². The first-order chi connectivity index (χ1) is 8.66. The van der Waals surface area contributed by atoms with E-state index in [9.17, 15) is 0 Å². The van der Waals surface area contributed by atoms with E-state index in [1.165, 1.54) is 4.88 Å². The zero-order chi connectivity index (χ0) is 13.0. The molecule has 1 aromatic heterocycles. The minimum atomic E-state index is -0.0114. The summed E-state index contributed by atoms with van der Waals surface area (Å²) in [5.41, 5.74) is 6.82. The van der Waals surface area contributed by atoms with Crippen LogP contribution in [0.5, 0.6) is 5.75 Å². The molecule has 2 rings (SSSR count). The number of halogens is 1. The molecular formula is C14H16ClNOS. The van der Waals surface area contributed by atoms with E-state index in [4.69, 9.17) is 22.1 Å². The lowest BCUT2D eigenvalue weighted by molar-refractivity contribution is 0.323. The zero-order valence-corrected chi connectivity index (χ0v) is 11.8. The van der Waals surface area contributed by atoms with Gasteiger partial charge in [-0.1, -0.05) is 23.7 Å². The molecule has 0 aliphatic heterocycles. The van der Waals surface area contributed by atoms with Gasteiger partial charge in [-0.3, -0.25) is 0 Å². The number of benzene rings is 1. The van der Waals surface area contributed by atoms with Crippen molar-refractivity contribution in [1.29, 1.82) is 0 Å². The molecule has 0 spiro atoms. The standard InChI is InChI=1S/C14H16ClNOS/c1-10(16)11-4-5-14(13(15)9-11)17-7-6-12-3-2-8-18-12/h2-5,8-10H,6-7,16H2,1H3. The van der Waals surface area contributed by atoms with Crippen LogP contribution in [0.3, 0.4) is 0 Å². The molecule has 0 aliphatic carbocycles. The van der Waals surface area contributed by atoms with E-state index in [2.05, 4.69) is 11.4 Å². The van der Waals surface area contributed by atoms with Crippen molar-refractivity contribution in [3.63, 3.8) is 0 Å². The summed E-state index contributed by atoms with van der Waals surface area (Å²) in [7, 11) is 0. The largest absolute Gasteiger partial charge is 0.492 e. The van der Waals surface area contributed by atoms with Crippen molar-refractivity contribution in [3.05, 3.63) is 51.2 Å². The van der Waals surface area contributed by atoms with Crippen LogP contribution in [0.15, 0.2) is 35.7 Å². The van der Waals surface area contributed by atoms with E-state index in [0.29, 0.717) is 11.6 Å². The molecule has 0 radical (unpaired) electrons. The summed E-state index contributed by atoms with van der Waals surface area (Å²) in [6.07, 6.45) is 0.906. The van der Waals surface area contributed by atoms with Gasteiger partial charge in [0.05, 0.1) is 11.6 Å². The third-order valence-corrected chi connectivity index (χ3v) is 3.90. The van der Waals surface area contributed by atoms with Crippen LogP contribution in [0.1, 0.15) is 23.4 Å². The Morgan fingerprint density at radius 2 is 2.22 bits per heavy atom. The van der Waals surface area contributed by atoms with Crippen LogP contribution in [-0.4, -0.2) is 6.61 Å². The Morgan fingerprint density at radius 1 is 1.39 bits per heavy atom. The molecule has 1 aromatic carbocycles. The molecule has 0 saturated heterocycles. The molecule has 1 heterocycles. The molecule has 0 bridgehead atoms. The molecule has 18 heavy (non-hydrogen) atoms. The average Bonchev–Trinajstić information content (AvgIpc) is 2.84. The van der Waals surface area contributed by atoms with Gasteiger partial charge in [0.25, 0.3) is 0 Å². The van der Waals surface area contributed by atoms with Gasteiger partial charge in [0.2, 0.25) is 0 Å². The minimum absolute atomic E-state index is 0.0114. The Kier molecular flexibility index (Phi) is 4.64. The fourth-order valence-electron chi connectivity index (χ4n) is 1.63.